The topological polar surface area (TPSA) is 68.5 Å². The predicted octanol–water partition coefficient (Wildman–Crippen LogP) is 6.83. The lowest BCUT2D eigenvalue weighted by atomic mass is 9.93. The summed E-state index contributed by atoms with van der Waals surface area (Å²) in [6.45, 7) is 2.62. The molecule has 0 aliphatic heterocycles. The number of aryl methyl sites for hydroxylation is 1. The van der Waals surface area contributed by atoms with Crippen molar-refractivity contribution in [2.45, 2.75) is 51.6 Å². The molecular formula is C30H35N3O2S. The summed E-state index contributed by atoms with van der Waals surface area (Å²) >= 11 is 1.62. The number of aromatic nitrogens is 1. The second-order valence-electron chi connectivity index (χ2n) is 9.04. The van der Waals surface area contributed by atoms with Crippen LogP contribution in [0.3, 0.4) is 0 Å². The lowest BCUT2D eigenvalue weighted by Crippen LogP contribution is -2.41. The van der Waals surface area contributed by atoms with Gasteiger partial charge in [0.05, 0.1) is 12.0 Å². The Labute approximate surface area is 217 Å². The second-order valence-corrected chi connectivity index (χ2v) is 10.1. The highest BCUT2D eigenvalue weighted by Gasteiger charge is 2.29. The summed E-state index contributed by atoms with van der Waals surface area (Å²) < 4.78 is 6.90. The van der Waals surface area contributed by atoms with Gasteiger partial charge in [-0.25, -0.2) is 0 Å². The highest BCUT2D eigenvalue weighted by molar-refractivity contribution is 7.21. The van der Waals surface area contributed by atoms with Crippen molar-refractivity contribution in [3.05, 3.63) is 83.0 Å². The number of nitrogens with zero attached hydrogens (tertiary/aromatic N) is 2. The van der Waals surface area contributed by atoms with E-state index in [0.29, 0.717) is 6.54 Å². The van der Waals surface area contributed by atoms with Gasteiger partial charge in [-0.1, -0.05) is 43.5 Å². The molecule has 2 heterocycles. The molecule has 6 heteroatoms. The first kappa shape index (κ1) is 25.9. The van der Waals surface area contributed by atoms with E-state index in [2.05, 4.69) is 46.8 Å². The maximum Gasteiger partial charge on any atom is 0.264 e. The predicted molar refractivity (Wildman–Crippen MR) is 150 cm³/mol. The first-order chi connectivity index (χ1) is 17.7. The third-order valence-corrected chi connectivity index (χ3v) is 8.21. The summed E-state index contributed by atoms with van der Waals surface area (Å²) in [6.07, 6.45) is 9.33. The number of hydrogen-bond acceptors (Lipinski definition) is 5. The van der Waals surface area contributed by atoms with Crippen LogP contribution in [-0.4, -0.2) is 36.0 Å². The zero-order valence-electron chi connectivity index (χ0n) is 21.4. The molecule has 1 amide bonds. The number of rotatable bonds is 6. The van der Waals surface area contributed by atoms with Crippen molar-refractivity contribution in [1.29, 1.82) is 0 Å². The molecule has 1 aliphatic carbocycles. The Morgan fingerprint density at radius 3 is 2.44 bits per heavy atom. The zero-order valence-corrected chi connectivity index (χ0v) is 22.2. The fourth-order valence-corrected chi connectivity index (χ4v) is 6.24. The van der Waals surface area contributed by atoms with E-state index < -0.39 is 0 Å². The maximum atomic E-state index is 14.1. The summed E-state index contributed by atoms with van der Waals surface area (Å²) in [5.41, 5.74) is 8.83. The molecule has 0 radical (unpaired) electrons. The highest BCUT2D eigenvalue weighted by Crippen LogP contribution is 2.35. The summed E-state index contributed by atoms with van der Waals surface area (Å²) in [5.74, 6) is 0.960. The average Bonchev–Trinajstić information content (AvgIpc) is 3.29. The maximum absolute atomic E-state index is 14.1. The van der Waals surface area contributed by atoms with Gasteiger partial charge in [-0.05, 0) is 79.2 Å². The van der Waals surface area contributed by atoms with Gasteiger partial charge < -0.3 is 15.4 Å². The van der Waals surface area contributed by atoms with Gasteiger partial charge in [0, 0.05) is 35.2 Å². The molecule has 2 aromatic carbocycles. The number of pyridine rings is 1. The Kier molecular flexibility index (Phi) is 8.73. The van der Waals surface area contributed by atoms with Crippen molar-refractivity contribution in [3.63, 3.8) is 0 Å². The number of carbonyl (C=O) groups excluding carboxylic acids is 1. The molecule has 2 N–H and O–H groups in total. The van der Waals surface area contributed by atoms with Crippen LogP contribution in [0.15, 0.2) is 67.0 Å². The van der Waals surface area contributed by atoms with E-state index in [9.17, 15) is 4.79 Å². The van der Waals surface area contributed by atoms with Crippen molar-refractivity contribution >= 4 is 27.3 Å². The Morgan fingerprint density at radius 2 is 1.75 bits per heavy atom. The molecule has 188 valence electrons. The number of hydrogen-bond donors (Lipinski definition) is 1. The molecule has 2 aromatic heterocycles. The van der Waals surface area contributed by atoms with Gasteiger partial charge in [0.1, 0.15) is 5.75 Å². The molecule has 36 heavy (non-hydrogen) atoms. The van der Waals surface area contributed by atoms with Crippen LogP contribution in [0, 0.1) is 6.92 Å². The summed E-state index contributed by atoms with van der Waals surface area (Å²) in [6, 6.07) is 18.8. The van der Waals surface area contributed by atoms with Crippen molar-refractivity contribution in [2.24, 2.45) is 5.73 Å². The van der Waals surface area contributed by atoms with Gasteiger partial charge in [-0.15, -0.1) is 11.3 Å². The number of thiophene rings is 1. The minimum atomic E-state index is 0.141. The van der Waals surface area contributed by atoms with E-state index in [4.69, 9.17) is 4.74 Å². The van der Waals surface area contributed by atoms with Crippen LogP contribution < -0.4 is 10.5 Å². The second kappa shape index (κ2) is 12.2. The molecule has 5 rings (SSSR count). The highest BCUT2D eigenvalue weighted by atomic mass is 32.1. The van der Waals surface area contributed by atoms with Crippen LogP contribution in [0.1, 0.15) is 52.9 Å². The number of fused-ring (bicyclic) bond motifs is 1. The largest absolute Gasteiger partial charge is 0.496 e. The van der Waals surface area contributed by atoms with Crippen molar-refractivity contribution in [3.8, 4) is 16.9 Å². The number of methoxy groups -OCH3 is 1. The number of nitrogens with two attached hydrogens (primary N) is 1. The van der Waals surface area contributed by atoms with E-state index in [1.807, 2.05) is 30.3 Å². The van der Waals surface area contributed by atoms with E-state index in [-0.39, 0.29) is 11.9 Å². The van der Waals surface area contributed by atoms with Crippen LogP contribution in [0.4, 0.5) is 0 Å². The van der Waals surface area contributed by atoms with Crippen LogP contribution in [0.2, 0.25) is 0 Å². The molecule has 0 atom stereocenters. The van der Waals surface area contributed by atoms with Gasteiger partial charge in [-0.2, -0.15) is 0 Å². The summed E-state index contributed by atoms with van der Waals surface area (Å²) in [4.78, 5) is 21.2. The van der Waals surface area contributed by atoms with Crippen LogP contribution in [0.5, 0.6) is 5.75 Å². The molecule has 0 unspecified atom stereocenters. The Bertz CT molecular complexity index is 1300. The van der Waals surface area contributed by atoms with E-state index in [0.717, 1.165) is 45.7 Å². The third kappa shape index (κ3) is 5.45. The zero-order chi connectivity index (χ0) is 25.5. The van der Waals surface area contributed by atoms with Gasteiger partial charge in [0.15, 0.2) is 0 Å². The van der Waals surface area contributed by atoms with E-state index in [1.165, 1.54) is 36.4 Å². The van der Waals surface area contributed by atoms with E-state index >= 15 is 0 Å². The molecule has 1 aliphatic rings. The third-order valence-electron chi connectivity index (χ3n) is 6.95. The SMILES string of the molecule is CN.COc1ccc(-c2ccncc2)cc1CN(C(=O)c1sc2ccccc2c1C)C1CCCCC1. The van der Waals surface area contributed by atoms with Crippen LogP contribution in [-0.2, 0) is 6.54 Å². The first-order valence-electron chi connectivity index (χ1n) is 12.6. The van der Waals surface area contributed by atoms with Crippen molar-refractivity contribution in [1.82, 2.24) is 9.88 Å². The molecule has 0 bridgehead atoms. The summed E-state index contributed by atoms with van der Waals surface area (Å²) in [5, 5.41) is 1.18. The standard InChI is InChI=1S/C29H30N2O2S.CH5N/c1-20-25-10-6-7-11-27(25)34-28(20)29(32)31(24-8-4-3-5-9-24)19-23-18-22(12-13-26(23)33-2)21-14-16-30-17-15-21;1-2/h6-7,10-18,24H,3-5,8-9,19H2,1-2H3;2H2,1H3. The number of carbonyl (C=O) groups is 1. The quantitative estimate of drug-likeness (QED) is 0.314. The van der Waals surface area contributed by atoms with Crippen LogP contribution in [0.25, 0.3) is 21.2 Å². The molecule has 5 nitrogen and oxygen atoms in total. The normalized spacial score (nSPS) is 13.7. The van der Waals surface area contributed by atoms with Gasteiger partial charge >= 0.3 is 0 Å². The molecule has 4 aromatic rings. The number of benzene rings is 2. The number of ether oxygens (including phenoxy) is 1. The number of amides is 1. The first-order valence-corrected chi connectivity index (χ1v) is 13.4. The Hall–Kier alpha value is -3.22. The monoisotopic (exact) mass is 501 g/mol. The fourth-order valence-electron chi connectivity index (χ4n) is 5.08. The lowest BCUT2D eigenvalue weighted by molar-refractivity contribution is 0.0617. The molecule has 1 fully saturated rings. The van der Waals surface area contributed by atoms with Crippen molar-refractivity contribution in [2.75, 3.05) is 14.2 Å². The van der Waals surface area contributed by atoms with Gasteiger partial charge in [-0.3, -0.25) is 9.78 Å². The molecule has 0 spiro atoms. The molecular weight excluding hydrogens is 466 g/mol. The smallest absolute Gasteiger partial charge is 0.264 e. The minimum absolute atomic E-state index is 0.141. The molecule has 1 saturated carbocycles. The Morgan fingerprint density at radius 1 is 1.03 bits per heavy atom. The molecule has 0 saturated heterocycles. The lowest BCUT2D eigenvalue weighted by Gasteiger charge is -2.35. The van der Waals surface area contributed by atoms with Crippen molar-refractivity contribution < 1.29 is 9.53 Å². The van der Waals surface area contributed by atoms with Crippen LogP contribution >= 0.6 is 11.3 Å². The minimum Gasteiger partial charge on any atom is -0.496 e. The fraction of sp³-hybridized carbons (Fsp3) is 0.333. The summed E-state index contributed by atoms with van der Waals surface area (Å²) in [7, 11) is 3.20. The van der Waals surface area contributed by atoms with Gasteiger partial charge in [0.25, 0.3) is 5.91 Å². The Balaban J connectivity index is 0.00000148. The average molecular weight is 502 g/mol. The van der Waals surface area contributed by atoms with E-state index in [1.54, 1.807) is 30.8 Å². The van der Waals surface area contributed by atoms with Gasteiger partial charge in [0.2, 0.25) is 0 Å².